The smallest absolute Gasteiger partial charge is 0.306 e. The number of benzene rings is 2. The molecule has 0 aromatic heterocycles. The van der Waals surface area contributed by atoms with E-state index in [2.05, 4.69) is 35.6 Å². The minimum absolute atomic E-state index is 0.0655. The van der Waals surface area contributed by atoms with Crippen LogP contribution in [0.1, 0.15) is 24.9 Å². The second-order valence-electron chi connectivity index (χ2n) is 4.92. The van der Waals surface area contributed by atoms with Gasteiger partial charge in [0.2, 0.25) is 0 Å². The third kappa shape index (κ3) is 3.12. The van der Waals surface area contributed by atoms with Gasteiger partial charge in [-0.1, -0.05) is 43.3 Å². The van der Waals surface area contributed by atoms with Crippen LogP contribution < -0.4 is 5.32 Å². The number of carbonyl (C=O) groups is 1. The fraction of sp³-hybridized carbons (Fsp3) is 0.312. The summed E-state index contributed by atoms with van der Waals surface area (Å²) in [7, 11) is 1.87. The van der Waals surface area contributed by atoms with E-state index in [0.717, 1.165) is 5.56 Å². The lowest BCUT2D eigenvalue weighted by molar-refractivity contribution is -0.141. The molecule has 0 spiro atoms. The molecule has 2 aromatic rings. The minimum atomic E-state index is -0.749. The molecule has 2 N–H and O–H groups in total. The van der Waals surface area contributed by atoms with Crippen molar-refractivity contribution in [3.8, 4) is 0 Å². The highest BCUT2D eigenvalue weighted by Crippen LogP contribution is 2.25. The molecule has 19 heavy (non-hydrogen) atoms. The van der Waals surface area contributed by atoms with Crippen molar-refractivity contribution in [1.82, 2.24) is 5.32 Å². The predicted octanol–water partition coefficient (Wildman–Crippen LogP) is 3.21. The molecule has 0 radical (unpaired) electrons. The zero-order valence-electron chi connectivity index (χ0n) is 11.3. The molecule has 0 fully saturated rings. The Bertz CT molecular complexity index is 580. The molecule has 0 aliphatic rings. The first-order chi connectivity index (χ1) is 9.11. The topological polar surface area (TPSA) is 49.3 Å². The number of hydrogen-bond acceptors (Lipinski definition) is 2. The van der Waals surface area contributed by atoms with Crippen molar-refractivity contribution in [2.45, 2.75) is 19.4 Å². The number of nitrogens with one attached hydrogen (secondary N) is 1. The van der Waals surface area contributed by atoms with Crippen molar-refractivity contribution >= 4 is 16.7 Å². The summed E-state index contributed by atoms with van der Waals surface area (Å²) >= 11 is 0. The van der Waals surface area contributed by atoms with Crippen LogP contribution in [0, 0.1) is 5.92 Å². The maximum atomic E-state index is 11.0. The average molecular weight is 257 g/mol. The van der Waals surface area contributed by atoms with E-state index < -0.39 is 5.97 Å². The monoisotopic (exact) mass is 257 g/mol. The fourth-order valence-electron chi connectivity index (χ4n) is 2.30. The molecule has 0 bridgehead atoms. The predicted molar refractivity (Wildman–Crippen MR) is 77.2 cm³/mol. The van der Waals surface area contributed by atoms with Gasteiger partial charge in [-0.15, -0.1) is 0 Å². The first-order valence-electron chi connectivity index (χ1n) is 6.50. The second-order valence-corrected chi connectivity index (χ2v) is 4.92. The molecule has 2 aromatic carbocycles. The van der Waals surface area contributed by atoms with E-state index in [1.54, 1.807) is 6.92 Å². The van der Waals surface area contributed by atoms with Crippen LogP contribution in [0.5, 0.6) is 0 Å². The van der Waals surface area contributed by atoms with E-state index >= 15 is 0 Å². The van der Waals surface area contributed by atoms with Crippen molar-refractivity contribution in [2.75, 3.05) is 7.05 Å². The lowest BCUT2D eigenvalue weighted by Crippen LogP contribution is -2.22. The van der Waals surface area contributed by atoms with Gasteiger partial charge < -0.3 is 10.4 Å². The van der Waals surface area contributed by atoms with Gasteiger partial charge in [-0.05, 0) is 35.9 Å². The van der Waals surface area contributed by atoms with E-state index in [-0.39, 0.29) is 12.0 Å². The average Bonchev–Trinajstić information content (AvgIpc) is 2.43. The van der Waals surface area contributed by atoms with E-state index in [4.69, 9.17) is 5.11 Å². The Morgan fingerprint density at radius 3 is 2.53 bits per heavy atom. The molecular weight excluding hydrogens is 238 g/mol. The zero-order valence-corrected chi connectivity index (χ0v) is 11.3. The highest BCUT2D eigenvalue weighted by Gasteiger charge is 2.18. The lowest BCUT2D eigenvalue weighted by Gasteiger charge is -2.19. The van der Waals surface area contributed by atoms with Crippen LogP contribution in [0.25, 0.3) is 10.8 Å². The third-order valence-electron chi connectivity index (χ3n) is 3.54. The van der Waals surface area contributed by atoms with Crippen LogP contribution >= 0.6 is 0 Å². The summed E-state index contributed by atoms with van der Waals surface area (Å²) in [4.78, 5) is 11.0. The van der Waals surface area contributed by atoms with Gasteiger partial charge in [0.05, 0.1) is 5.92 Å². The highest BCUT2D eigenvalue weighted by molar-refractivity contribution is 5.83. The maximum Gasteiger partial charge on any atom is 0.306 e. The summed E-state index contributed by atoms with van der Waals surface area (Å²) < 4.78 is 0. The van der Waals surface area contributed by atoms with Crippen LogP contribution in [0.3, 0.4) is 0 Å². The molecule has 3 heteroatoms. The normalized spacial score (nSPS) is 14.2. The maximum absolute atomic E-state index is 11.0. The number of hydrogen-bond donors (Lipinski definition) is 2. The Morgan fingerprint density at radius 1 is 1.21 bits per heavy atom. The van der Waals surface area contributed by atoms with Gasteiger partial charge in [-0.25, -0.2) is 0 Å². The quantitative estimate of drug-likeness (QED) is 0.864. The van der Waals surface area contributed by atoms with Gasteiger partial charge in [0.1, 0.15) is 0 Å². The largest absolute Gasteiger partial charge is 0.481 e. The molecule has 0 saturated heterocycles. The molecule has 100 valence electrons. The summed E-state index contributed by atoms with van der Waals surface area (Å²) in [6, 6.07) is 14.5. The Balaban J connectivity index is 2.27. The molecule has 2 unspecified atom stereocenters. The number of carboxylic acid groups (broad SMARTS) is 1. The SMILES string of the molecule is CNC(CC(C)C(=O)O)c1ccc2ccccc2c1. The number of carboxylic acids is 1. The molecular formula is C16H19NO2. The van der Waals surface area contributed by atoms with Crippen LogP contribution in [-0.2, 0) is 4.79 Å². The summed E-state index contributed by atoms with van der Waals surface area (Å²) in [5, 5.41) is 14.6. The van der Waals surface area contributed by atoms with Crippen molar-refractivity contribution in [3.05, 3.63) is 48.0 Å². The van der Waals surface area contributed by atoms with E-state index in [9.17, 15) is 4.79 Å². The zero-order chi connectivity index (χ0) is 13.8. The van der Waals surface area contributed by atoms with Gasteiger partial charge in [-0.3, -0.25) is 4.79 Å². The fourth-order valence-corrected chi connectivity index (χ4v) is 2.30. The Hall–Kier alpha value is -1.87. The summed E-state index contributed by atoms with van der Waals surface area (Å²) in [6.07, 6.45) is 0.587. The molecule has 0 heterocycles. The standard InChI is InChI=1S/C16H19NO2/c1-11(16(18)19)9-15(17-2)14-8-7-12-5-3-4-6-13(12)10-14/h3-8,10-11,15,17H,9H2,1-2H3,(H,18,19). The van der Waals surface area contributed by atoms with Gasteiger partial charge in [0.25, 0.3) is 0 Å². The highest BCUT2D eigenvalue weighted by atomic mass is 16.4. The third-order valence-corrected chi connectivity index (χ3v) is 3.54. The van der Waals surface area contributed by atoms with Gasteiger partial charge >= 0.3 is 5.97 Å². The second kappa shape index (κ2) is 5.85. The van der Waals surface area contributed by atoms with Gasteiger partial charge in [-0.2, -0.15) is 0 Å². The molecule has 0 amide bonds. The van der Waals surface area contributed by atoms with Crippen LogP contribution in [0.4, 0.5) is 0 Å². The van der Waals surface area contributed by atoms with Crippen molar-refractivity contribution in [3.63, 3.8) is 0 Å². The van der Waals surface area contributed by atoms with E-state index in [1.165, 1.54) is 10.8 Å². The van der Waals surface area contributed by atoms with Crippen LogP contribution in [-0.4, -0.2) is 18.1 Å². The lowest BCUT2D eigenvalue weighted by atomic mass is 9.94. The molecule has 0 aliphatic carbocycles. The Labute approximate surface area is 113 Å². The molecule has 3 nitrogen and oxygen atoms in total. The first kappa shape index (κ1) is 13.6. The summed E-state index contributed by atoms with van der Waals surface area (Å²) in [6.45, 7) is 1.74. The van der Waals surface area contributed by atoms with E-state index in [0.29, 0.717) is 6.42 Å². The molecule has 2 atom stereocenters. The van der Waals surface area contributed by atoms with Crippen LogP contribution in [0.2, 0.25) is 0 Å². The van der Waals surface area contributed by atoms with Crippen molar-refractivity contribution < 1.29 is 9.90 Å². The van der Waals surface area contributed by atoms with Gasteiger partial charge in [0, 0.05) is 6.04 Å². The Morgan fingerprint density at radius 2 is 1.89 bits per heavy atom. The molecule has 0 saturated carbocycles. The number of aliphatic carboxylic acids is 1. The minimum Gasteiger partial charge on any atom is -0.481 e. The summed E-state index contributed by atoms with van der Waals surface area (Å²) in [5.41, 5.74) is 1.13. The van der Waals surface area contributed by atoms with Crippen molar-refractivity contribution in [2.24, 2.45) is 5.92 Å². The summed E-state index contributed by atoms with van der Waals surface area (Å²) in [5.74, 6) is -1.11. The Kier molecular flexibility index (Phi) is 4.17. The molecule has 0 aliphatic heterocycles. The number of fused-ring (bicyclic) bond motifs is 1. The molecule has 2 rings (SSSR count). The van der Waals surface area contributed by atoms with E-state index in [1.807, 2.05) is 19.2 Å². The van der Waals surface area contributed by atoms with Crippen molar-refractivity contribution in [1.29, 1.82) is 0 Å². The first-order valence-corrected chi connectivity index (χ1v) is 6.50. The number of rotatable bonds is 5. The van der Waals surface area contributed by atoms with Gasteiger partial charge in [0.15, 0.2) is 0 Å². The van der Waals surface area contributed by atoms with Crippen LogP contribution in [0.15, 0.2) is 42.5 Å².